The molecule has 0 aliphatic carbocycles. The van der Waals surface area contributed by atoms with Gasteiger partial charge in [-0.1, -0.05) is 18.2 Å². The van der Waals surface area contributed by atoms with Crippen molar-refractivity contribution in [1.82, 2.24) is 0 Å². The number of hydrogen-bond acceptors (Lipinski definition) is 3. The number of nitrogens with one attached hydrogen (secondary N) is 1. The van der Waals surface area contributed by atoms with Gasteiger partial charge in [-0.05, 0) is 36.4 Å². The van der Waals surface area contributed by atoms with Gasteiger partial charge in [0.1, 0.15) is 5.75 Å². The fourth-order valence-corrected chi connectivity index (χ4v) is 1.57. The fourth-order valence-electron chi connectivity index (χ4n) is 1.57. The summed E-state index contributed by atoms with van der Waals surface area (Å²) >= 11 is 0. The predicted molar refractivity (Wildman–Crippen MR) is 72.1 cm³/mol. The monoisotopic (exact) mass is 255 g/mol. The van der Waals surface area contributed by atoms with E-state index in [0.29, 0.717) is 11.3 Å². The Morgan fingerprint density at radius 1 is 0.947 bits per heavy atom. The van der Waals surface area contributed by atoms with Gasteiger partial charge >= 0.3 is 5.97 Å². The Kier molecular flexibility index (Phi) is 3.93. The molecule has 0 radical (unpaired) electrons. The van der Waals surface area contributed by atoms with Gasteiger partial charge in [0.15, 0.2) is 0 Å². The van der Waals surface area contributed by atoms with E-state index in [-0.39, 0.29) is 11.9 Å². The lowest BCUT2D eigenvalue weighted by atomic mass is 10.2. The lowest BCUT2D eigenvalue weighted by molar-refractivity contribution is -0.131. The zero-order valence-electron chi connectivity index (χ0n) is 10.4. The maximum atomic E-state index is 11.9. The number of carbonyl (C=O) groups excluding carboxylic acids is 2. The largest absolute Gasteiger partial charge is 0.427 e. The Bertz CT molecular complexity index is 576. The molecular weight excluding hydrogens is 242 g/mol. The minimum atomic E-state index is -0.388. The summed E-state index contributed by atoms with van der Waals surface area (Å²) in [5, 5.41) is 2.77. The van der Waals surface area contributed by atoms with Crippen LogP contribution in [0.1, 0.15) is 17.3 Å². The number of rotatable bonds is 3. The smallest absolute Gasteiger partial charge is 0.308 e. The number of hydrogen-bond donors (Lipinski definition) is 1. The zero-order chi connectivity index (χ0) is 13.7. The molecule has 0 saturated carbocycles. The molecule has 0 atom stereocenters. The molecule has 19 heavy (non-hydrogen) atoms. The first-order valence-corrected chi connectivity index (χ1v) is 5.80. The topological polar surface area (TPSA) is 55.4 Å². The minimum absolute atomic E-state index is 0.208. The standard InChI is InChI=1S/C15H13NO3/c1-11(17)19-14-9-7-12(8-10-14)15(18)16-13-5-3-2-4-6-13/h2-10H,1H3,(H,16,18). The van der Waals surface area contributed by atoms with Gasteiger partial charge in [-0.2, -0.15) is 0 Å². The van der Waals surface area contributed by atoms with Crippen LogP contribution in [0.4, 0.5) is 5.69 Å². The highest BCUT2D eigenvalue weighted by Gasteiger charge is 2.06. The number of esters is 1. The van der Waals surface area contributed by atoms with E-state index >= 15 is 0 Å². The molecule has 0 saturated heterocycles. The van der Waals surface area contributed by atoms with Crippen molar-refractivity contribution in [2.75, 3.05) is 5.32 Å². The van der Waals surface area contributed by atoms with Crippen LogP contribution >= 0.6 is 0 Å². The van der Waals surface area contributed by atoms with E-state index in [0.717, 1.165) is 5.69 Å². The molecule has 0 heterocycles. The van der Waals surface area contributed by atoms with E-state index in [1.54, 1.807) is 24.3 Å². The van der Waals surface area contributed by atoms with Gasteiger partial charge in [-0.3, -0.25) is 9.59 Å². The van der Waals surface area contributed by atoms with E-state index in [1.165, 1.54) is 6.92 Å². The molecule has 0 aromatic heterocycles. The van der Waals surface area contributed by atoms with Crippen LogP contribution in [0.15, 0.2) is 54.6 Å². The van der Waals surface area contributed by atoms with Crippen molar-refractivity contribution in [3.63, 3.8) is 0 Å². The molecule has 96 valence electrons. The van der Waals surface area contributed by atoms with Gasteiger partial charge in [0, 0.05) is 18.2 Å². The second kappa shape index (κ2) is 5.82. The maximum absolute atomic E-state index is 11.9. The van der Waals surface area contributed by atoms with Gasteiger partial charge in [-0.15, -0.1) is 0 Å². The van der Waals surface area contributed by atoms with Crippen molar-refractivity contribution in [3.05, 3.63) is 60.2 Å². The van der Waals surface area contributed by atoms with Gasteiger partial charge in [0.2, 0.25) is 0 Å². The Labute approximate surface area is 111 Å². The zero-order valence-corrected chi connectivity index (χ0v) is 10.4. The van der Waals surface area contributed by atoms with Crippen LogP contribution < -0.4 is 10.1 Å². The highest BCUT2D eigenvalue weighted by molar-refractivity contribution is 6.04. The van der Waals surface area contributed by atoms with Crippen molar-refractivity contribution in [3.8, 4) is 5.75 Å². The maximum Gasteiger partial charge on any atom is 0.308 e. The van der Waals surface area contributed by atoms with E-state index in [1.807, 2.05) is 30.3 Å². The summed E-state index contributed by atoms with van der Waals surface area (Å²) in [6, 6.07) is 15.6. The predicted octanol–water partition coefficient (Wildman–Crippen LogP) is 2.86. The second-order valence-electron chi connectivity index (χ2n) is 3.94. The molecule has 2 rings (SSSR count). The van der Waals surface area contributed by atoms with E-state index < -0.39 is 0 Å². The van der Waals surface area contributed by atoms with Crippen LogP contribution in [0.2, 0.25) is 0 Å². The first-order valence-electron chi connectivity index (χ1n) is 5.80. The molecule has 1 N–H and O–H groups in total. The third-order valence-electron chi connectivity index (χ3n) is 2.41. The van der Waals surface area contributed by atoms with Gasteiger partial charge < -0.3 is 10.1 Å². The van der Waals surface area contributed by atoms with Crippen molar-refractivity contribution >= 4 is 17.6 Å². The highest BCUT2D eigenvalue weighted by atomic mass is 16.5. The molecule has 0 aliphatic rings. The normalized spacial score (nSPS) is 9.74. The fraction of sp³-hybridized carbons (Fsp3) is 0.0667. The Balaban J connectivity index is 2.05. The van der Waals surface area contributed by atoms with E-state index in [4.69, 9.17) is 4.74 Å². The molecule has 4 heteroatoms. The summed E-state index contributed by atoms with van der Waals surface area (Å²) in [6.07, 6.45) is 0. The Morgan fingerprint density at radius 2 is 1.58 bits per heavy atom. The van der Waals surface area contributed by atoms with Crippen molar-refractivity contribution < 1.29 is 14.3 Å². The summed E-state index contributed by atoms with van der Waals surface area (Å²) in [4.78, 5) is 22.7. The summed E-state index contributed by atoms with van der Waals surface area (Å²) in [5.74, 6) is -0.175. The number of para-hydroxylation sites is 1. The van der Waals surface area contributed by atoms with E-state index in [9.17, 15) is 9.59 Å². The first kappa shape index (κ1) is 12.8. The third kappa shape index (κ3) is 3.67. The number of benzene rings is 2. The molecule has 2 aromatic rings. The molecule has 4 nitrogen and oxygen atoms in total. The highest BCUT2D eigenvalue weighted by Crippen LogP contribution is 2.14. The molecule has 0 bridgehead atoms. The molecule has 0 fully saturated rings. The van der Waals surface area contributed by atoms with Gasteiger partial charge in [0.25, 0.3) is 5.91 Å². The van der Waals surface area contributed by atoms with Crippen molar-refractivity contribution in [1.29, 1.82) is 0 Å². The molecular formula is C15H13NO3. The second-order valence-corrected chi connectivity index (χ2v) is 3.94. The van der Waals surface area contributed by atoms with Crippen LogP contribution in [-0.4, -0.2) is 11.9 Å². The lowest BCUT2D eigenvalue weighted by Gasteiger charge is -2.06. The summed E-state index contributed by atoms with van der Waals surface area (Å²) in [5.41, 5.74) is 1.23. The van der Waals surface area contributed by atoms with Crippen molar-refractivity contribution in [2.45, 2.75) is 6.92 Å². The van der Waals surface area contributed by atoms with Crippen molar-refractivity contribution in [2.24, 2.45) is 0 Å². The van der Waals surface area contributed by atoms with E-state index in [2.05, 4.69) is 5.32 Å². The first-order chi connectivity index (χ1) is 9.15. The van der Waals surface area contributed by atoms with Crippen LogP contribution in [-0.2, 0) is 4.79 Å². The van der Waals surface area contributed by atoms with Crippen LogP contribution in [0, 0.1) is 0 Å². The van der Waals surface area contributed by atoms with Crippen LogP contribution in [0.25, 0.3) is 0 Å². The number of ether oxygens (including phenoxy) is 1. The Morgan fingerprint density at radius 3 is 2.16 bits per heavy atom. The number of carbonyl (C=O) groups is 2. The molecule has 0 spiro atoms. The lowest BCUT2D eigenvalue weighted by Crippen LogP contribution is -2.11. The SMILES string of the molecule is CC(=O)Oc1ccc(C(=O)Nc2ccccc2)cc1. The summed E-state index contributed by atoms with van der Waals surface area (Å²) < 4.78 is 4.90. The molecule has 0 aliphatic heterocycles. The van der Waals surface area contributed by atoms with Gasteiger partial charge in [-0.25, -0.2) is 0 Å². The number of anilines is 1. The van der Waals surface area contributed by atoms with Crippen LogP contribution in [0.3, 0.4) is 0 Å². The quantitative estimate of drug-likeness (QED) is 0.677. The van der Waals surface area contributed by atoms with Gasteiger partial charge in [0.05, 0.1) is 0 Å². The average Bonchev–Trinajstić information content (AvgIpc) is 2.40. The molecule has 2 aromatic carbocycles. The third-order valence-corrected chi connectivity index (χ3v) is 2.41. The number of amides is 1. The van der Waals surface area contributed by atoms with Crippen LogP contribution in [0.5, 0.6) is 5.75 Å². The molecule has 0 unspecified atom stereocenters. The Hall–Kier alpha value is -2.62. The average molecular weight is 255 g/mol. The summed E-state index contributed by atoms with van der Waals surface area (Å²) in [7, 11) is 0. The minimum Gasteiger partial charge on any atom is -0.427 e. The molecule has 1 amide bonds. The summed E-state index contributed by atoms with van der Waals surface area (Å²) in [6.45, 7) is 1.33.